The fourth-order valence-corrected chi connectivity index (χ4v) is 4.62. The first-order valence-corrected chi connectivity index (χ1v) is 11.2. The Bertz CT molecular complexity index is 1700. The first-order valence-electron chi connectivity index (χ1n) is 10.0. The molecule has 4 heterocycles. The van der Waals surface area contributed by atoms with Gasteiger partial charge in [-0.1, -0.05) is 53.3 Å². The molecule has 0 radical (unpaired) electrons. The van der Waals surface area contributed by atoms with Crippen LogP contribution in [0.1, 0.15) is 5.56 Å². The molecule has 6 aromatic rings. The smallest absolute Gasteiger partial charge is 0.291 e. The first-order chi connectivity index (χ1) is 16.2. The van der Waals surface area contributed by atoms with Gasteiger partial charge >= 0.3 is 0 Å². The highest BCUT2D eigenvalue weighted by molar-refractivity contribution is 7.15. The molecule has 0 aliphatic heterocycles. The van der Waals surface area contributed by atoms with Gasteiger partial charge in [-0.2, -0.15) is 14.6 Å². The number of furan rings is 1. The van der Waals surface area contributed by atoms with E-state index in [-0.39, 0.29) is 5.56 Å². The lowest BCUT2D eigenvalue weighted by Gasteiger charge is -1.98. The Hall–Kier alpha value is -4.01. The molecule has 33 heavy (non-hydrogen) atoms. The lowest BCUT2D eigenvalue weighted by Crippen LogP contribution is -2.23. The van der Waals surface area contributed by atoms with Crippen LogP contribution in [0.3, 0.4) is 0 Å². The molecule has 0 spiro atoms. The molecule has 0 unspecified atom stereocenters. The van der Waals surface area contributed by atoms with E-state index in [0.717, 1.165) is 16.8 Å². The van der Waals surface area contributed by atoms with E-state index in [4.69, 9.17) is 21.1 Å². The number of fused-ring (bicyclic) bond motifs is 1. The van der Waals surface area contributed by atoms with Gasteiger partial charge in [0.05, 0.1) is 16.5 Å². The minimum absolute atomic E-state index is 0.242. The third kappa shape index (κ3) is 3.55. The monoisotopic (exact) mass is 471 g/mol. The van der Waals surface area contributed by atoms with Crippen LogP contribution in [0.2, 0.25) is 5.02 Å². The quantitative estimate of drug-likeness (QED) is 0.379. The van der Waals surface area contributed by atoms with Gasteiger partial charge < -0.3 is 4.42 Å². The number of rotatable bonds is 4. The summed E-state index contributed by atoms with van der Waals surface area (Å²) in [6.07, 6.45) is 5.27. The Kier molecular flexibility index (Phi) is 4.67. The van der Waals surface area contributed by atoms with E-state index >= 15 is 0 Å². The molecule has 0 amide bonds. The maximum absolute atomic E-state index is 13.1. The summed E-state index contributed by atoms with van der Waals surface area (Å²) >= 11 is 7.35. The van der Waals surface area contributed by atoms with Gasteiger partial charge in [0.2, 0.25) is 4.96 Å². The molecule has 2 aromatic carbocycles. The summed E-state index contributed by atoms with van der Waals surface area (Å²) in [6, 6.07) is 20.6. The van der Waals surface area contributed by atoms with Crippen LogP contribution in [0.5, 0.6) is 0 Å². The van der Waals surface area contributed by atoms with Crippen molar-refractivity contribution in [3.05, 3.63) is 105 Å². The zero-order chi connectivity index (χ0) is 22.4. The molecule has 9 heteroatoms. The molecule has 0 fully saturated rings. The van der Waals surface area contributed by atoms with Gasteiger partial charge in [0.1, 0.15) is 5.69 Å². The summed E-state index contributed by atoms with van der Waals surface area (Å²) in [5.41, 5.74) is 2.81. The van der Waals surface area contributed by atoms with Gasteiger partial charge in [-0.05, 0) is 42.5 Å². The Balaban J connectivity index is 1.48. The second kappa shape index (κ2) is 7.84. The highest BCUT2D eigenvalue weighted by Gasteiger charge is 2.16. The van der Waals surface area contributed by atoms with Crippen molar-refractivity contribution in [1.82, 2.24) is 24.4 Å². The van der Waals surface area contributed by atoms with Crippen LogP contribution in [-0.4, -0.2) is 24.4 Å². The molecule has 0 saturated carbocycles. The molecule has 6 rings (SSSR count). The van der Waals surface area contributed by atoms with Gasteiger partial charge in [0, 0.05) is 22.3 Å². The molecule has 0 atom stereocenters. The van der Waals surface area contributed by atoms with Gasteiger partial charge in [0.25, 0.3) is 5.56 Å². The number of hydrogen-bond acceptors (Lipinski definition) is 6. The van der Waals surface area contributed by atoms with Crippen LogP contribution in [-0.2, 0) is 0 Å². The summed E-state index contributed by atoms with van der Waals surface area (Å²) in [7, 11) is 0. The van der Waals surface area contributed by atoms with E-state index in [2.05, 4.69) is 10.1 Å². The standard InChI is InChI=1S/C24H14ClN5O2S/c25-17-7-4-6-15(12-17)22-26-24-30(28-22)23(31)20(33-24)13-16-14-29(18-8-2-1-3-9-18)27-21(16)19-10-5-11-32-19/h1-14H/b20-13+. The normalized spacial score (nSPS) is 12.1. The number of thiazole rings is 1. The van der Waals surface area contributed by atoms with Gasteiger partial charge in [-0.3, -0.25) is 4.79 Å². The van der Waals surface area contributed by atoms with Gasteiger partial charge in [-0.25, -0.2) is 4.68 Å². The third-order valence-corrected chi connectivity index (χ3v) is 6.26. The van der Waals surface area contributed by atoms with Crippen molar-refractivity contribution in [2.24, 2.45) is 0 Å². The molecule has 4 aromatic heterocycles. The van der Waals surface area contributed by atoms with Crippen molar-refractivity contribution in [3.63, 3.8) is 0 Å². The number of para-hydroxylation sites is 1. The van der Waals surface area contributed by atoms with Crippen LogP contribution < -0.4 is 10.1 Å². The molecule has 0 saturated heterocycles. The number of benzene rings is 2. The van der Waals surface area contributed by atoms with E-state index in [1.807, 2.05) is 54.7 Å². The largest absolute Gasteiger partial charge is 0.463 e. The third-order valence-electron chi connectivity index (χ3n) is 5.07. The van der Waals surface area contributed by atoms with Crippen LogP contribution in [0.4, 0.5) is 0 Å². The fraction of sp³-hybridized carbons (Fsp3) is 0. The molecular formula is C24H14ClN5O2S. The van der Waals surface area contributed by atoms with E-state index in [1.54, 1.807) is 35.2 Å². The number of aromatic nitrogens is 5. The molecular weight excluding hydrogens is 458 g/mol. The molecule has 7 nitrogen and oxygen atoms in total. The highest BCUT2D eigenvalue weighted by Crippen LogP contribution is 2.25. The summed E-state index contributed by atoms with van der Waals surface area (Å²) in [6.45, 7) is 0. The summed E-state index contributed by atoms with van der Waals surface area (Å²) < 4.78 is 9.17. The molecule has 0 N–H and O–H groups in total. The van der Waals surface area contributed by atoms with Crippen LogP contribution in [0, 0.1) is 0 Å². The topological polar surface area (TPSA) is 78.2 Å². The average molecular weight is 472 g/mol. The predicted octanol–water partition coefficient (Wildman–Crippen LogP) is 4.46. The SMILES string of the molecule is O=c1/c(=C\c2cn(-c3ccccc3)nc2-c2ccco2)sc2nc(-c3cccc(Cl)c3)nn12. The zero-order valence-corrected chi connectivity index (χ0v) is 18.5. The fourth-order valence-electron chi connectivity index (χ4n) is 3.54. The average Bonchev–Trinajstić information content (AvgIpc) is 3.61. The van der Waals surface area contributed by atoms with Crippen molar-refractivity contribution < 1.29 is 4.42 Å². The van der Waals surface area contributed by atoms with E-state index in [9.17, 15) is 4.79 Å². The van der Waals surface area contributed by atoms with Gasteiger partial charge in [-0.15, -0.1) is 5.10 Å². The van der Waals surface area contributed by atoms with Gasteiger partial charge in [0.15, 0.2) is 11.6 Å². The first kappa shape index (κ1) is 19.7. The maximum Gasteiger partial charge on any atom is 0.291 e. The zero-order valence-electron chi connectivity index (χ0n) is 16.9. The molecule has 160 valence electrons. The Morgan fingerprint density at radius 1 is 1.00 bits per heavy atom. The minimum atomic E-state index is -0.242. The lowest BCUT2D eigenvalue weighted by molar-refractivity contribution is 0.579. The van der Waals surface area contributed by atoms with Crippen molar-refractivity contribution in [3.8, 4) is 28.5 Å². The number of nitrogens with zero attached hydrogens (tertiary/aromatic N) is 5. The maximum atomic E-state index is 13.1. The lowest BCUT2D eigenvalue weighted by atomic mass is 10.2. The number of halogens is 1. The van der Waals surface area contributed by atoms with Crippen molar-refractivity contribution in [1.29, 1.82) is 0 Å². The van der Waals surface area contributed by atoms with Crippen molar-refractivity contribution in [2.45, 2.75) is 0 Å². The van der Waals surface area contributed by atoms with Crippen LogP contribution >= 0.6 is 22.9 Å². The van der Waals surface area contributed by atoms with Crippen molar-refractivity contribution in [2.75, 3.05) is 0 Å². The summed E-state index contributed by atoms with van der Waals surface area (Å²) in [5, 5.41) is 9.68. The van der Waals surface area contributed by atoms with Crippen molar-refractivity contribution >= 4 is 34.0 Å². The van der Waals surface area contributed by atoms with E-state index < -0.39 is 0 Å². The second-order valence-electron chi connectivity index (χ2n) is 7.25. The number of hydrogen-bond donors (Lipinski definition) is 0. The summed E-state index contributed by atoms with van der Waals surface area (Å²) in [4.78, 5) is 18.1. The Labute approximate surface area is 195 Å². The highest BCUT2D eigenvalue weighted by atomic mass is 35.5. The van der Waals surface area contributed by atoms with E-state index in [1.165, 1.54) is 15.9 Å². The molecule has 0 aliphatic carbocycles. The molecule has 0 aliphatic rings. The molecule has 0 bridgehead atoms. The van der Waals surface area contributed by atoms with Crippen LogP contribution in [0.25, 0.3) is 39.6 Å². The Morgan fingerprint density at radius 2 is 1.88 bits per heavy atom. The van der Waals surface area contributed by atoms with Crippen LogP contribution in [0.15, 0.2) is 88.4 Å². The summed E-state index contributed by atoms with van der Waals surface area (Å²) in [5.74, 6) is 1.08. The second-order valence-corrected chi connectivity index (χ2v) is 8.69. The minimum Gasteiger partial charge on any atom is -0.463 e. The van der Waals surface area contributed by atoms with E-state index in [0.29, 0.717) is 31.8 Å². The Morgan fingerprint density at radius 3 is 2.64 bits per heavy atom. The predicted molar refractivity (Wildman–Crippen MR) is 128 cm³/mol.